The predicted octanol–water partition coefficient (Wildman–Crippen LogP) is 3.20. The van der Waals surface area contributed by atoms with Crippen molar-refractivity contribution in [3.8, 4) is 0 Å². The van der Waals surface area contributed by atoms with Crippen molar-refractivity contribution in [3.63, 3.8) is 0 Å². The van der Waals surface area contributed by atoms with Crippen LogP contribution in [0.4, 0.5) is 0 Å². The molecule has 2 heterocycles. The molecular formula is C18H38Cl2MnN4. The summed E-state index contributed by atoms with van der Waals surface area (Å²) >= 11 is 0.00694. The van der Waals surface area contributed by atoms with Gasteiger partial charge in [-0.15, -0.1) is 0 Å². The molecule has 7 heteroatoms. The van der Waals surface area contributed by atoms with Crippen LogP contribution in [-0.4, -0.2) is 98.6 Å². The molecule has 151 valence electrons. The Hall–Kier alpha value is 0.939. The third-order valence-electron chi connectivity index (χ3n) is 5.30. The van der Waals surface area contributed by atoms with E-state index in [-0.39, 0.29) is 13.1 Å². The summed E-state index contributed by atoms with van der Waals surface area (Å²) < 4.78 is 0. The third kappa shape index (κ3) is 12.1. The van der Waals surface area contributed by atoms with Crippen molar-refractivity contribution in [2.24, 2.45) is 0 Å². The van der Waals surface area contributed by atoms with Gasteiger partial charge in [-0.2, -0.15) is 0 Å². The van der Waals surface area contributed by atoms with E-state index in [0.717, 1.165) is 0 Å². The average Bonchev–Trinajstić information content (AvgIpc) is 2.60. The van der Waals surface area contributed by atoms with E-state index in [0.29, 0.717) is 0 Å². The number of halogens is 2. The first kappa shape index (κ1) is 24.0. The number of unbranched alkanes of at least 4 members (excludes halogenated alkanes) is 2. The number of fused-ring (bicyclic) bond motifs is 3. The van der Waals surface area contributed by atoms with Crippen LogP contribution < -0.4 is 0 Å². The number of hydrogen-bond donors (Lipinski definition) is 0. The normalized spacial score (nSPS) is 27.4. The quantitative estimate of drug-likeness (QED) is 0.496. The number of likely N-dealkylation sites (N-methyl/N-ethyl adjacent to an activating group) is 1. The Kier molecular flexibility index (Phi) is 15.3. The fourth-order valence-corrected chi connectivity index (χ4v) is 3.66. The first-order valence-corrected chi connectivity index (χ1v) is 13.2. The van der Waals surface area contributed by atoms with Gasteiger partial charge in [-0.05, 0) is 59.0 Å². The van der Waals surface area contributed by atoms with Crippen molar-refractivity contribution in [2.45, 2.75) is 39.0 Å². The summed E-state index contributed by atoms with van der Waals surface area (Å²) in [4.78, 5) is 10.7. The van der Waals surface area contributed by atoms with Gasteiger partial charge in [0.25, 0.3) is 0 Å². The second-order valence-corrected chi connectivity index (χ2v) is 9.25. The van der Waals surface area contributed by atoms with Gasteiger partial charge in [0.05, 0.1) is 0 Å². The minimum atomic E-state index is 0.00694. The van der Waals surface area contributed by atoms with E-state index in [9.17, 15) is 0 Å². The maximum atomic E-state index is 4.80. The van der Waals surface area contributed by atoms with Gasteiger partial charge in [0.1, 0.15) is 0 Å². The van der Waals surface area contributed by atoms with Crippen LogP contribution in [0.2, 0.25) is 0 Å². The molecule has 0 saturated carbocycles. The van der Waals surface area contributed by atoms with E-state index >= 15 is 0 Å². The van der Waals surface area contributed by atoms with Crippen molar-refractivity contribution in [3.05, 3.63) is 0 Å². The fraction of sp³-hybridized carbons (Fsp3) is 1.00. The molecule has 2 aliphatic rings. The van der Waals surface area contributed by atoms with Crippen LogP contribution in [0, 0.1) is 0 Å². The molecule has 2 bridgehead atoms. The SMILES string of the molecule is CCCCCN1CCCN2CCN(C)CCCN(CC1)CC2.[Cl][Mn][Cl]. The van der Waals surface area contributed by atoms with Crippen LogP contribution >= 0.6 is 20.2 Å². The molecule has 2 unspecified atom stereocenters. The molecule has 2 atom stereocenters. The average molecular weight is 436 g/mol. The second kappa shape index (κ2) is 15.9. The Morgan fingerprint density at radius 2 is 1.28 bits per heavy atom. The molecule has 0 aromatic heterocycles. The second-order valence-electron chi connectivity index (χ2n) is 7.30. The Balaban J connectivity index is 0.000000970. The minimum absolute atomic E-state index is 0.00694. The molecule has 25 heavy (non-hydrogen) atoms. The van der Waals surface area contributed by atoms with Crippen LogP contribution in [0.25, 0.3) is 0 Å². The predicted molar refractivity (Wildman–Crippen MR) is 107 cm³/mol. The molecule has 4 nitrogen and oxygen atoms in total. The van der Waals surface area contributed by atoms with Crippen LogP contribution in [-0.2, 0) is 13.1 Å². The number of nitrogens with zero attached hydrogens (tertiary/aromatic N) is 4. The molecule has 2 aliphatic heterocycles. The Morgan fingerprint density at radius 3 is 1.92 bits per heavy atom. The van der Waals surface area contributed by atoms with Crippen molar-refractivity contribution < 1.29 is 13.1 Å². The third-order valence-corrected chi connectivity index (χ3v) is 5.30. The van der Waals surface area contributed by atoms with Crippen molar-refractivity contribution in [1.29, 1.82) is 0 Å². The van der Waals surface area contributed by atoms with Crippen molar-refractivity contribution in [1.82, 2.24) is 19.6 Å². The van der Waals surface area contributed by atoms with Gasteiger partial charge < -0.3 is 19.6 Å². The number of hydrogen-bond acceptors (Lipinski definition) is 4. The molecule has 0 radical (unpaired) electrons. The maximum absolute atomic E-state index is 4.80. The molecule has 0 aliphatic carbocycles. The molecule has 2 rings (SSSR count). The van der Waals surface area contributed by atoms with E-state index < -0.39 is 0 Å². The van der Waals surface area contributed by atoms with Gasteiger partial charge in [0, 0.05) is 39.3 Å². The first-order valence-electron chi connectivity index (χ1n) is 9.92. The van der Waals surface area contributed by atoms with Crippen molar-refractivity contribution in [2.75, 3.05) is 79.0 Å². The first-order chi connectivity index (χ1) is 12.2. The summed E-state index contributed by atoms with van der Waals surface area (Å²) in [5, 5.41) is 0. The van der Waals surface area contributed by atoms with E-state index in [1.165, 1.54) is 104 Å². The van der Waals surface area contributed by atoms with Gasteiger partial charge in [-0.3, -0.25) is 0 Å². The molecule has 2 saturated heterocycles. The molecular weight excluding hydrogens is 398 g/mol. The van der Waals surface area contributed by atoms with Gasteiger partial charge in [-0.1, -0.05) is 19.8 Å². The topological polar surface area (TPSA) is 13.0 Å². The van der Waals surface area contributed by atoms with Crippen LogP contribution in [0.3, 0.4) is 0 Å². The van der Waals surface area contributed by atoms with E-state index in [4.69, 9.17) is 20.2 Å². The summed E-state index contributed by atoms with van der Waals surface area (Å²) in [6.45, 7) is 16.3. The standard InChI is InChI=1S/C18H38N4.2ClH.Mn/c1-3-4-5-9-20-11-7-12-21-14-13-19(2)8-6-10-22(16-15-20)18-17-21;;;/h3-18H2,1-2H3;2*1H;/q;;;+2/p-2. The Morgan fingerprint density at radius 1 is 0.720 bits per heavy atom. The summed E-state index contributed by atoms with van der Waals surface area (Å²) in [7, 11) is 11.9. The molecule has 0 N–H and O–H groups in total. The van der Waals surface area contributed by atoms with Gasteiger partial charge in [0.2, 0.25) is 0 Å². The Labute approximate surface area is 170 Å². The zero-order chi connectivity index (χ0) is 18.3. The van der Waals surface area contributed by atoms with Crippen LogP contribution in [0.5, 0.6) is 0 Å². The molecule has 0 aromatic carbocycles. The zero-order valence-electron chi connectivity index (χ0n) is 16.2. The zero-order valence-corrected chi connectivity index (χ0v) is 18.9. The number of rotatable bonds is 4. The van der Waals surface area contributed by atoms with Crippen molar-refractivity contribution >= 4 is 20.2 Å². The molecule has 0 amide bonds. The van der Waals surface area contributed by atoms with E-state index in [1.54, 1.807) is 0 Å². The summed E-state index contributed by atoms with van der Waals surface area (Å²) in [5.74, 6) is 0. The van der Waals surface area contributed by atoms with Gasteiger partial charge in [-0.25, -0.2) is 0 Å². The van der Waals surface area contributed by atoms with E-state index in [1.807, 2.05) is 0 Å². The Bertz CT molecular complexity index is 313. The van der Waals surface area contributed by atoms with E-state index in [2.05, 4.69) is 33.6 Å². The van der Waals surface area contributed by atoms with Crippen LogP contribution in [0.1, 0.15) is 39.0 Å². The monoisotopic (exact) mass is 435 g/mol. The summed E-state index contributed by atoms with van der Waals surface area (Å²) in [6, 6.07) is 0. The van der Waals surface area contributed by atoms with Gasteiger partial charge in [0.15, 0.2) is 0 Å². The summed E-state index contributed by atoms with van der Waals surface area (Å²) in [6.07, 6.45) is 6.77. The molecule has 0 spiro atoms. The van der Waals surface area contributed by atoms with Crippen LogP contribution in [0.15, 0.2) is 0 Å². The fourth-order valence-electron chi connectivity index (χ4n) is 3.66. The molecule has 0 aromatic rings. The molecule has 2 fully saturated rings. The van der Waals surface area contributed by atoms with Gasteiger partial charge >= 0.3 is 33.3 Å². The summed E-state index contributed by atoms with van der Waals surface area (Å²) in [5.41, 5.74) is 0.